The lowest BCUT2D eigenvalue weighted by Crippen LogP contribution is -1.99. The van der Waals surface area contributed by atoms with Crippen LogP contribution >= 0.6 is 0 Å². The van der Waals surface area contributed by atoms with Gasteiger partial charge in [-0.3, -0.25) is 0 Å². The maximum absolute atomic E-state index is 2.29. The third-order valence-electron chi connectivity index (χ3n) is 3.70. The van der Waals surface area contributed by atoms with E-state index in [2.05, 4.69) is 69.3 Å². The van der Waals surface area contributed by atoms with Gasteiger partial charge in [0.15, 0.2) is 0 Å². The van der Waals surface area contributed by atoms with E-state index in [1.54, 1.807) is 5.56 Å². The Morgan fingerprint density at radius 1 is 0.895 bits per heavy atom. The highest BCUT2D eigenvalue weighted by Crippen LogP contribution is 2.31. The topological polar surface area (TPSA) is 0 Å². The van der Waals surface area contributed by atoms with Gasteiger partial charge in [0.2, 0.25) is 0 Å². The van der Waals surface area contributed by atoms with Crippen molar-refractivity contribution in [3.63, 3.8) is 0 Å². The van der Waals surface area contributed by atoms with Gasteiger partial charge >= 0.3 is 0 Å². The van der Waals surface area contributed by atoms with Gasteiger partial charge in [-0.2, -0.15) is 0 Å². The maximum atomic E-state index is 2.29. The quantitative estimate of drug-likeness (QED) is 0.629. The van der Waals surface area contributed by atoms with Crippen LogP contribution in [0.2, 0.25) is 0 Å². The molecule has 0 saturated carbocycles. The van der Waals surface area contributed by atoms with Crippen molar-refractivity contribution in [3.8, 4) is 11.1 Å². The normalized spacial score (nSPS) is 10.9. The van der Waals surface area contributed by atoms with E-state index >= 15 is 0 Å². The molecule has 0 aromatic heterocycles. The van der Waals surface area contributed by atoms with Crippen LogP contribution in [0.1, 0.15) is 50.7 Å². The average molecular weight is 252 g/mol. The van der Waals surface area contributed by atoms with Crippen LogP contribution in [0.15, 0.2) is 48.5 Å². The summed E-state index contributed by atoms with van der Waals surface area (Å²) in [6.45, 7) is 6.85. The minimum atomic E-state index is 0.593. The Bertz CT molecular complexity index is 509. The first kappa shape index (κ1) is 13.9. The van der Waals surface area contributed by atoms with Crippen molar-refractivity contribution in [3.05, 3.63) is 59.7 Å². The number of hydrogen-bond acceptors (Lipinski definition) is 0. The van der Waals surface area contributed by atoms with E-state index in [1.165, 1.54) is 36.0 Å². The van der Waals surface area contributed by atoms with Crippen molar-refractivity contribution in [1.29, 1.82) is 0 Å². The second kappa shape index (κ2) is 6.56. The molecule has 19 heavy (non-hydrogen) atoms. The zero-order valence-corrected chi connectivity index (χ0v) is 12.3. The number of unbranched alkanes of at least 4 members (excludes halogenated alkanes) is 1. The van der Waals surface area contributed by atoms with E-state index in [9.17, 15) is 0 Å². The van der Waals surface area contributed by atoms with Gasteiger partial charge in [0.05, 0.1) is 0 Å². The fraction of sp³-hybridized carbons (Fsp3) is 0.368. The van der Waals surface area contributed by atoms with Gasteiger partial charge in [-0.25, -0.2) is 0 Å². The summed E-state index contributed by atoms with van der Waals surface area (Å²) < 4.78 is 0. The van der Waals surface area contributed by atoms with Gasteiger partial charge in [-0.05, 0) is 41.0 Å². The van der Waals surface area contributed by atoms with E-state index in [0.29, 0.717) is 5.92 Å². The summed E-state index contributed by atoms with van der Waals surface area (Å²) in [6, 6.07) is 17.5. The molecule has 0 bridgehead atoms. The lowest BCUT2D eigenvalue weighted by atomic mass is 9.87. The highest BCUT2D eigenvalue weighted by molar-refractivity contribution is 5.69. The monoisotopic (exact) mass is 252 g/mol. The predicted molar refractivity (Wildman–Crippen MR) is 84.6 cm³/mol. The van der Waals surface area contributed by atoms with Gasteiger partial charge in [0, 0.05) is 0 Å². The Kier molecular flexibility index (Phi) is 4.79. The first-order valence-electron chi connectivity index (χ1n) is 7.41. The lowest BCUT2D eigenvalue weighted by molar-refractivity contribution is 0.769. The van der Waals surface area contributed by atoms with Crippen LogP contribution < -0.4 is 0 Å². The second-order valence-corrected chi connectivity index (χ2v) is 5.50. The molecule has 0 atom stereocenters. The summed E-state index contributed by atoms with van der Waals surface area (Å²) >= 11 is 0. The second-order valence-electron chi connectivity index (χ2n) is 5.50. The minimum absolute atomic E-state index is 0.593. The molecule has 0 aliphatic heterocycles. The minimum Gasteiger partial charge on any atom is -0.0654 e. The summed E-state index contributed by atoms with van der Waals surface area (Å²) in [5.74, 6) is 0.593. The first-order chi connectivity index (χ1) is 9.24. The summed E-state index contributed by atoms with van der Waals surface area (Å²) in [7, 11) is 0. The Balaban J connectivity index is 2.50. The molecule has 0 fully saturated rings. The largest absolute Gasteiger partial charge is 0.0654 e. The summed E-state index contributed by atoms with van der Waals surface area (Å²) in [4.78, 5) is 0. The zero-order valence-electron chi connectivity index (χ0n) is 12.3. The van der Waals surface area contributed by atoms with Crippen LogP contribution in [-0.2, 0) is 6.42 Å². The van der Waals surface area contributed by atoms with Crippen molar-refractivity contribution in [2.45, 2.75) is 46.0 Å². The van der Waals surface area contributed by atoms with Gasteiger partial charge in [0.25, 0.3) is 0 Å². The molecule has 0 heterocycles. The third-order valence-corrected chi connectivity index (χ3v) is 3.70. The Labute approximate surface area is 117 Å². The van der Waals surface area contributed by atoms with Gasteiger partial charge in [-0.1, -0.05) is 75.7 Å². The number of rotatable bonds is 5. The van der Waals surface area contributed by atoms with Crippen molar-refractivity contribution >= 4 is 0 Å². The Hall–Kier alpha value is -1.56. The molecular formula is C19H24. The fourth-order valence-electron chi connectivity index (χ4n) is 2.67. The molecule has 0 nitrogen and oxygen atoms in total. The molecular weight excluding hydrogens is 228 g/mol. The van der Waals surface area contributed by atoms with Gasteiger partial charge < -0.3 is 0 Å². The molecule has 0 spiro atoms. The van der Waals surface area contributed by atoms with Gasteiger partial charge in [0.1, 0.15) is 0 Å². The highest BCUT2D eigenvalue weighted by atomic mass is 14.2. The Morgan fingerprint density at radius 2 is 1.63 bits per heavy atom. The van der Waals surface area contributed by atoms with Crippen molar-refractivity contribution < 1.29 is 0 Å². The molecule has 0 aliphatic rings. The molecule has 2 rings (SSSR count). The molecule has 0 N–H and O–H groups in total. The highest BCUT2D eigenvalue weighted by Gasteiger charge is 2.11. The SMILES string of the molecule is CCCCc1c(-c2ccccc2)cccc1C(C)C. The summed E-state index contributed by atoms with van der Waals surface area (Å²) in [5.41, 5.74) is 5.82. The van der Waals surface area contributed by atoms with Crippen molar-refractivity contribution in [2.75, 3.05) is 0 Å². The van der Waals surface area contributed by atoms with E-state index in [1.807, 2.05) is 0 Å². The molecule has 100 valence electrons. The third kappa shape index (κ3) is 3.26. The smallest absolute Gasteiger partial charge is 0.0149 e. The van der Waals surface area contributed by atoms with Crippen LogP contribution in [0.25, 0.3) is 11.1 Å². The molecule has 0 aliphatic carbocycles. The maximum Gasteiger partial charge on any atom is -0.0149 e. The standard InChI is InChI=1S/C19H24/c1-4-5-12-19-17(15(2)3)13-9-14-18(19)16-10-7-6-8-11-16/h6-11,13-15H,4-5,12H2,1-3H3. The predicted octanol–water partition coefficient (Wildman–Crippen LogP) is 5.82. The lowest BCUT2D eigenvalue weighted by Gasteiger charge is -2.17. The van der Waals surface area contributed by atoms with Crippen LogP contribution in [0, 0.1) is 0 Å². The van der Waals surface area contributed by atoms with E-state index in [4.69, 9.17) is 0 Å². The van der Waals surface area contributed by atoms with E-state index in [0.717, 1.165) is 0 Å². The zero-order chi connectivity index (χ0) is 13.7. The molecule has 2 aromatic carbocycles. The van der Waals surface area contributed by atoms with Crippen LogP contribution in [0.3, 0.4) is 0 Å². The summed E-state index contributed by atoms with van der Waals surface area (Å²) in [5, 5.41) is 0. The van der Waals surface area contributed by atoms with Crippen LogP contribution in [0.5, 0.6) is 0 Å². The van der Waals surface area contributed by atoms with Crippen molar-refractivity contribution in [1.82, 2.24) is 0 Å². The van der Waals surface area contributed by atoms with E-state index in [-0.39, 0.29) is 0 Å². The molecule has 0 heteroatoms. The molecule has 0 amide bonds. The molecule has 0 radical (unpaired) electrons. The number of hydrogen-bond donors (Lipinski definition) is 0. The van der Waals surface area contributed by atoms with E-state index < -0.39 is 0 Å². The molecule has 2 aromatic rings. The van der Waals surface area contributed by atoms with Crippen LogP contribution in [-0.4, -0.2) is 0 Å². The average Bonchev–Trinajstić information content (AvgIpc) is 2.45. The fourth-order valence-corrected chi connectivity index (χ4v) is 2.67. The van der Waals surface area contributed by atoms with Crippen molar-refractivity contribution in [2.24, 2.45) is 0 Å². The molecule has 0 saturated heterocycles. The Morgan fingerprint density at radius 3 is 2.26 bits per heavy atom. The van der Waals surface area contributed by atoms with Gasteiger partial charge in [-0.15, -0.1) is 0 Å². The number of benzene rings is 2. The van der Waals surface area contributed by atoms with Crippen LogP contribution in [0.4, 0.5) is 0 Å². The first-order valence-corrected chi connectivity index (χ1v) is 7.41. The molecule has 0 unspecified atom stereocenters. The summed E-state index contributed by atoms with van der Waals surface area (Å²) in [6.07, 6.45) is 3.71.